The molecule has 0 aliphatic heterocycles. The Kier molecular flexibility index (Phi) is 10.1. The second kappa shape index (κ2) is 12.3. The van der Waals surface area contributed by atoms with E-state index in [1.54, 1.807) is 0 Å². The van der Waals surface area contributed by atoms with Crippen molar-refractivity contribution in [3.8, 4) is 0 Å². The maximum Gasteiger partial charge on any atom is 0.490 e. The molecule has 0 radical (unpaired) electrons. The van der Waals surface area contributed by atoms with Crippen molar-refractivity contribution >= 4 is 34.7 Å². The highest BCUT2D eigenvalue weighted by molar-refractivity contribution is 5.88. The lowest BCUT2D eigenvalue weighted by Crippen LogP contribution is -2.49. The van der Waals surface area contributed by atoms with Crippen molar-refractivity contribution < 1.29 is 37.8 Å². The van der Waals surface area contributed by atoms with E-state index in [2.05, 4.69) is 15.3 Å². The van der Waals surface area contributed by atoms with Gasteiger partial charge in [-0.15, -0.1) is 0 Å². The van der Waals surface area contributed by atoms with E-state index in [1.807, 2.05) is 30.5 Å². The van der Waals surface area contributed by atoms with Gasteiger partial charge in [0.25, 0.3) is 0 Å². The summed E-state index contributed by atoms with van der Waals surface area (Å²) in [7, 11) is 0. The number of rotatable bonds is 9. The van der Waals surface area contributed by atoms with Crippen LogP contribution in [0, 0.1) is 0 Å². The number of para-hydroxylation sites is 1. The molecule has 2 aromatic rings. The number of benzene rings is 1. The topological polar surface area (TPSA) is 210 Å². The Morgan fingerprint density at radius 3 is 2.30 bits per heavy atom. The van der Waals surface area contributed by atoms with Crippen molar-refractivity contribution in [2.75, 3.05) is 6.54 Å². The maximum absolute atomic E-state index is 12.3. The number of aromatic nitrogens is 1. The van der Waals surface area contributed by atoms with Crippen LogP contribution in [0.25, 0.3) is 10.9 Å². The summed E-state index contributed by atoms with van der Waals surface area (Å²) in [5.41, 5.74) is 18.3. The first-order valence-electron chi connectivity index (χ1n) is 9.52. The third-order valence-electron chi connectivity index (χ3n) is 4.25. The number of fused-ring (bicyclic) bond motifs is 1. The number of halogens is 3. The molecule has 0 aliphatic rings. The van der Waals surface area contributed by atoms with Crippen LogP contribution in [0.1, 0.15) is 18.4 Å². The van der Waals surface area contributed by atoms with Crippen molar-refractivity contribution in [2.24, 2.45) is 22.2 Å². The molecule has 2 rings (SSSR count). The van der Waals surface area contributed by atoms with Gasteiger partial charge in [-0.25, -0.2) is 9.59 Å². The van der Waals surface area contributed by atoms with Gasteiger partial charge in [-0.2, -0.15) is 13.2 Å². The zero-order valence-electron chi connectivity index (χ0n) is 17.3. The molecule has 10 N–H and O–H groups in total. The number of carbonyl (C=O) groups is 3. The minimum Gasteiger partial charge on any atom is -0.480 e. The summed E-state index contributed by atoms with van der Waals surface area (Å²) in [6.07, 6.45) is -2.34. The van der Waals surface area contributed by atoms with E-state index < -0.39 is 36.1 Å². The molecule has 1 aromatic heterocycles. The first kappa shape index (κ1) is 27.2. The normalized spacial score (nSPS) is 12.7. The fourth-order valence-electron chi connectivity index (χ4n) is 2.67. The van der Waals surface area contributed by atoms with Crippen LogP contribution in [0.15, 0.2) is 35.5 Å². The lowest BCUT2D eigenvalue weighted by atomic mass is 10.0. The molecular weight excluding hydrogens is 449 g/mol. The van der Waals surface area contributed by atoms with Gasteiger partial charge in [0.1, 0.15) is 6.04 Å². The second-order valence-electron chi connectivity index (χ2n) is 6.82. The number of nitrogens with one attached hydrogen (secondary N) is 2. The molecule has 1 heterocycles. The number of guanidine groups is 1. The lowest BCUT2D eigenvalue weighted by Gasteiger charge is -2.17. The van der Waals surface area contributed by atoms with E-state index in [0.29, 0.717) is 19.4 Å². The molecule has 1 amide bonds. The predicted octanol–water partition coefficient (Wildman–Crippen LogP) is 0.294. The minimum atomic E-state index is -5.08. The number of carbonyl (C=O) groups excluding carboxylic acids is 1. The molecule has 2 unspecified atom stereocenters. The number of carboxylic acids is 2. The summed E-state index contributed by atoms with van der Waals surface area (Å²) in [6, 6.07) is 5.80. The summed E-state index contributed by atoms with van der Waals surface area (Å²) >= 11 is 0. The van der Waals surface area contributed by atoms with Crippen LogP contribution >= 0.6 is 0 Å². The molecule has 14 heteroatoms. The van der Waals surface area contributed by atoms with Crippen molar-refractivity contribution in [3.05, 3.63) is 36.0 Å². The summed E-state index contributed by atoms with van der Waals surface area (Å²) in [4.78, 5) is 39.4. The number of amides is 1. The van der Waals surface area contributed by atoms with Crippen molar-refractivity contribution in [1.82, 2.24) is 10.3 Å². The third-order valence-corrected chi connectivity index (χ3v) is 4.25. The molecular formula is C19H25F3N6O5. The third kappa shape index (κ3) is 9.47. The highest BCUT2D eigenvalue weighted by atomic mass is 19.4. The zero-order chi connectivity index (χ0) is 25.2. The van der Waals surface area contributed by atoms with Crippen molar-refractivity contribution in [1.29, 1.82) is 0 Å². The lowest BCUT2D eigenvalue weighted by molar-refractivity contribution is -0.192. The zero-order valence-corrected chi connectivity index (χ0v) is 17.3. The van der Waals surface area contributed by atoms with Gasteiger partial charge in [0.05, 0.1) is 6.04 Å². The fourth-order valence-corrected chi connectivity index (χ4v) is 2.67. The van der Waals surface area contributed by atoms with Gasteiger partial charge in [-0.05, 0) is 30.9 Å². The summed E-state index contributed by atoms with van der Waals surface area (Å²) in [5.74, 6) is -4.44. The van der Waals surface area contributed by atoms with Gasteiger partial charge in [-0.3, -0.25) is 9.79 Å². The number of alkyl halides is 3. The Morgan fingerprint density at radius 1 is 1.15 bits per heavy atom. The number of nitrogens with zero attached hydrogens (tertiary/aromatic N) is 1. The minimum absolute atomic E-state index is 0.0540. The number of hydrogen-bond donors (Lipinski definition) is 7. The highest BCUT2D eigenvalue weighted by Gasteiger charge is 2.38. The average Bonchev–Trinajstić information content (AvgIpc) is 3.12. The number of aromatic amines is 1. The standard InChI is InChI=1S/C17H24N6O3.C2HF3O2/c18-12(8-10-9-22-13-5-2-1-4-11(10)13)15(24)23-14(16(25)26)6-3-7-21-17(19)20;3-2(4,5)1(6)7/h1-2,4-5,9,12,14,22H,3,6-8,18H2,(H,23,24)(H,25,26)(H4,19,20,21);(H,6,7). The van der Waals surface area contributed by atoms with Gasteiger partial charge in [0, 0.05) is 23.6 Å². The van der Waals surface area contributed by atoms with Gasteiger partial charge < -0.3 is 37.7 Å². The predicted molar refractivity (Wildman–Crippen MR) is 113 cm³/mol. The monoisotopic (exact) mass is 474 g/mol. The Morgan fingerprint density at radius 2 is 1.76 bits per heavy atom. The molecule has 2 atom stereocenters. The summed E-state index contributed by atoms with van der Waals surface area (Å²) in [5, 5.41) is 19.9. The molecule has 0 fully saturated rings. The molecule has 0 bridgehead atoms. The quantitative estimate of drug-likeness (QED) is 0.152. The van der Waals surface area contributed by atoms with Crippen LogP contribution in [-0.2, 0) is 20.8 Å². The van der Waals surface area contributed by atoms with Crippen LogP contribution in [-0.4, -0.2) is 63.8 Å². The van der Waals surface area contributed by atoms with Gasteiger partial charge >= 0.3 is 18.1 Å². The number of carboxylic acid groups (broad SMARTS) is 2. The molecule has 182 valence electrons. The van der Waals surface area contributed by atoms with E-state index in [-0.39, 0.29) is 12.4 Å². The SMILES string of the molecule is NC(N)=NCCCC(NC(=O)C(N)Cc1c[nH]c2ccccc12)C(=O)O.O=C(O)C(F)(F)F. The van der Waals surface area contributed by atoms with Crippen LogP contribution in [0.2, 0.25) is 0 Å². The molecule has 0 aliphatic carbocycles. The van der Waals surface area contributed by atoms with Crippen LogP contribution in [0.5, 0.6) is 0 Å². The smallest absolute Gasteiger partial charge is 0.480 e. The number of nitrogens with two attached hydrogens (primary N) is 3. The Labute approximate surface area is 185 Å². The molecule has 11 nitrogen and oxygen atoms in total. The Balaban J connectivity index is 0.000000675. The van der Waals surface area contributed by atoms with Crippen molar-refractivity contribution in [3.63, 3.8) is 0 Å². The Bertz CT molecular complexity index is 988. The first-order chi connectivity index (χ1) is 15.3. The van der Waals surface area contributed by atoms with E-state index in [0.717, 1.165) is 16.5 Å². The summed E-state index contributed by atoms with van der Waals surface area (Å²) in [6.45, 7) is 0.295. The Hall–Kier alpha value is -3.81. The first-order valence-corrected chi connectivity index (χ1v) is 9.52. The van der Waals surface area contributed by atoms with E-state index >= 15 is 0 Å². The van der Waals surface area contributed by atoms with E-state index in [1.165, 1.54) is 0 Å². The van der Waals surface area contributed by atoms with E-state index in [9.17, 15) is 27.9 Å². The molecule has 0 saturated carbocycles. The van der Waals surface area contributed by atoms with Gasteiger partial charge in [-0.1, -0.05) is 18.2 Å². The molecule has 0 spiro atoms. The largest absolute Gasteiger partial charge is 0.490 e. The van der Waals surface area contributed by atoms with Gasteiger partial charge in [0.2, 0.25) is 5.91 Å². The average molecular weight is 474 g/mol. The number of aliphatic imine (C=N–C) groups is 1. The van der Waals surface area contributed by atoms with Crippen LogP contribution < -0.4 is 22.5 Å². The number of hydrogen-bond acceptors (Lipinski definition) is 5. The maximum atomic E-state index is 12.3. The molecule has 0 saturated heterocycles. The van der Waals surface area contributed by atoms with Gasteiger partial charge in [0.15, 0.2) is 5.96 Å². The molecule has 33 heavy (non-hydrogen) atoms. The van der Waals surface area contributed by atoms with E-state index in [4.69, 9.17) is 27.1 Å². The van der Waals surface area contributed by atoms with Crippen LogP contribution in [0.4, 0.5) is 13.2 Å². The highest BCUT2D eigenvalue weighted by Crippen LogP contribution is 2.18. The van der Waals surface area contributed by atoms with Crippen molar-refractivity contribution in [2.45, 2.75) is 37.5 Å². The fraction of sp³-hybridized carbons (Fsp3) is 0.368. The van der Waals surface area contributed by atoms with Crippen LogP contribution in [0.3, 0.4) is 0 Å². The second-order valence-corrected chi connectivity index (χ2v) is 6.82. The summed E-state index contributed by atoms with van der Waals surface area (Å²) < 4.78 is 31.7. The number of aliphatic carboxylic acids is 2. The number of H-pyrrole nitrogens is 1. The molecule has 1 aromatic carbocycles.